The Morgan fingerprint density at radius 3 is 2.48 bits per heavy atom. The maximum absolute atomic E-state index is 12.2. The normalized spacial score (nSPS) is 13.4. The zero-order valence-corrected chi connectivity index (χ0v) is 11.7. The van der Waals surface area contributed by atoms with Gasteiger partial charge in [0.15, 0.2) is 6.39 Å². The fourth-order valence-corrected chi connectivity index (χ4v) is 2.03. The Balaban J connectivity index is 2.27. The summed E-state index contributed by atoms with van der Waals surface area (Å²) in [5.41, 5.74) is 1.18. The van der Waals surface area contributed by atoms with Gasteiger partial charge in [-0.1, -0.05) is 30.3 Å². The van der Waals surface area contributed by atoms with Gasteiger partial charge in [0.1, 0.15) is 0 Å². The number of aromatic nitrogens is 1. The lowest BCUT2D eigenvalue weighted by Gasteiger charge is -2.22. The lowest BCUT2D eigenvalue weighted by atomic mass is 9.94. The van der Waals surface area contributed by atoms with Crippen molar-refractivity contribution in [2.45, 2.75) is 19.9 Å². The number of aryl methyl sites for hydroxylation is 1. The van der Waals surface area contributed by atoms with Crippen LogP contribution in [-0.2, 0) is 4.79 Å². The van der Waals surface area contributed by atoms with E-state index in [-0.39, 0.29) is 5.76 Å². The number of nitrogens with one attached hydrogen (secondary N) is 1. The van der Waals surface area contributed by atoms with Crippen molar-refractivity contribution in [3.63, 3.8) is 0 Å². The Bertz CT molecular complexity index is 636. The Morgan fingerprint density at radius 1 is 1.29 bits per heavy atom. The van der Waals surface area contributed by atoms with Gasteiger partial charge in [-0.25, -0.2) is 4.98 Å². The second kappa shape index (κ2) is 6.21. The van der Waals surface area contributed by atoms with Crippen molar-refractivity contribution in [1.82, 2.24) is 10.3 Å². The third-order valence-electron chi connectivity index (χ3n) is 3.29. The Morgan fingerprint density at radius 2 is 1.95 bits per heavy atom. The molecule has 2 aromatic rings. The predicted molar refractivity (Wildman–Crippen MR) is 74.7 cm³/mol. The number of carboxylic acids is 1. The van der Waals surface area contributed by atoms with Crippen LogP contribution in [0, 0.1) is 12.8 Å². The molecule has 0 aliphatic carbocycles. The van der Waals surface area contributed by atoms with Crippen molar-refractivity contribution >= 4 is 11.9 Å². The number of hydrogen-bond acceptors (Lipinski definition) is 4. The second-order valence-corrected chi connectivity index (χ2v) is 4.76. The maximum atomic E-state index is 12.2. The molecule has 2 atom stereocenters. The number of carbonyl (C=O) groups is 2. The molecule has 2 rings (SSSR count). The molecule has 2 N–H and O–H groups in total. The summed E-state index contributed by atoms with van der Waals surface area (Å²) >= 11 is 0. The van der Waals surface area contributed by atoms with Gasteiger partial charge in [0.25, 0.3) is 5.91 Å². The second-order valence-electron chi connectivity index (χ2n) is 4.76. The molecule has 0 fully saturated rings. The molecule has 2 unspecified atom stereocenters. The summed E-state index contributed by atoms with van der Waals surface area (Å²) < 4.78 is 5.03. The van der Waals surface area contributed by atoms with Gasteiger partial charge in [-0.05, 0) is 19.4 Å². The largest absolute Gasteiger partial charge is 0.481 e. The minimum absolute atomic E-state index is 0.0912. The van der Waals surface area contributed by atoms with E-state index < -0.39 is 23.8 Å². The molecule has 6 nitrogen and oxygen atoms in total. The van der Waals surface area contributed by atoms with Crippen LogP contribution >= 0.6 is 0 Å². The van der Waals surface area contributed by atoms with Gasteiger partial charge in [0.05, 0.1) is 17.7 Å². The fraction of sp³-hybridized carbons (Fsp3) is 0.267. The quantitative estimate of drug-likeness (QED) is 0.879. The first-order valence-corrected chi connectivity index (χ1v) is 6.49. The van der Waals surface area contributed by atoms with Crippen LogP contribution in [-0.4, -0.2) is 22.0 Å². The van der Waals surface area contributed by atoms with Gasteiger partial charge in [0.2, 0.25) is 5.76 Å². The Kier molecular flexibility index (Phi) is 4.37. The Labute approximate surface area is 121 Å². The number of aliphatic carboxylic acids is 1. The van der Waals surface area contributed by atoms with Gasteiger partial charge in [-0.15, -0.1) is 0 Å². The summed E-state index contributed by atoms with van der Waals surface area (Å²) in [7, 11) is 0. The van der Waals surface area contributed by atoms with Crippen LogP contribution in [0.15, 0.2) is 41.1 Å². The van der Waals surface area contributed by atoms with Crippen molar-refractivity contribution < 1.29 is 19.1 Å². The first-order valence-electron chi connectivity index (χ1n) is 6.49. The highest BCUT2D eigenvalue weighted by Gasteiger charge is 2.28. The van der Waals surface area contributed by atoms with Gasteiger partial charge in [-0.3, -0.25) is 9.59 Å². The van der Waals surface area contributed by atoms with Gasteiger partial charge in [-0.2, -0.15) is 0 Å². The SMILES string of the molecule is Cc1ncoc1C(=O)NC(c1ccccc1)C(C)C(=O)O. The van der Waals surface area contributed by atoms with Gasteiger partial charge in [0, 0.05) is 0 Å². The van der Waals surface area contributed by atoms with E-state index in [2.05, 4.69) is 10.3 Å². The molecule has 0 saturated heterocycles. The minimum atomic E-state index is -0.988. The smallest absolute Gasteiger partial charge is 0.308 e. The third kappa shape index (κ3) is 3.28. The zero-order chi connectivity index (χ0) is 15.4. The van der Waals surface area contributed by atoms with E-state index in [1.54, 1.807) is 38.1 Å². The number of rotatable bonds is 5. The van der Waals surface area contributed by atoms with Crippen molar-refractivity contribution in [3.05, 3.63) is 53.7 Å². The number of carbonyl (C=O) groups excluding carboxylic acids is 1. The van der Waals surface area contributed by atoms with Crippen molar-refractivity contribution in [3.8, 4) is 0 Å². The number of hydrogen-bond donors (Lipinski definition) is 2. The summed E-state index contributed by atoms with van der Waals surface area (Å²) in [5, 5.41) is 11.9. The van der Waals surface area contributed by atoms with Crippen molar-refractivity contribution in [2.24, 2.45) is 5.92 Å². The van der Waals surface area contributed by atoms with E-state index in [0.717, 1.165) is 5.56 Å². The molecule has 21 heavy (non-hydrogen) atoms. The lowest BCUT2D eigenvalue weighted by Crippen LogP contribution is -2.35. The topological polar surface area (TPSA) is 92.4 Å². The molecule has 1 amide bonds. The summed E-state index contributed by atoms with van der Waals surface area (Å²) in [4.78, 5) is 27.3. The monoisotopic (exact) mass is 288 g/mol. The average molecular weight is 288 g/mol. The molecule has 0 bridgehead atoms. The molecule has 1 heterocycles. The first kappa shape index (κ1) is 14.8. The van der Waals surface area contributed by atoms with E-state index >= 15 is 0 Å². The molecule has 110 valence electrons. The van der Waals surface area contributed by atoms with Crippen LogP contribution in [0.2, 0.25) is 0 Å². The van der Waals surface area contributed by atoms with Crippen LogP contribution in [0.25, 0.3) is 0 Å². The maximum Gasteiger partial charge on any atom is 0.308 e. The van der Waals surface area contributed by atoms with Crippen molar-refractivity contribution in [1.29, 1.82) is 0 Å². The number of benzene rings is 1. The van der Waals surface area contributed by atoms with E-state index in [9.17, 15) is 14.7 Å². The molecule has 0 radical (unpaired) electrons. The summed E-state index contributed by atoms with van der Waals surface area (Å²) in [6.45, 7) is 3.20. The number of carboxylic acid groups (broad SMARTS) is 1. The molecular formula is C15H16N2O4. The fourth-order valence-electron chi connectivity index (χ4n) is 2.03. The number of nitrogens with zero attached hydrogens (tertiary/aromatic N) is 1. The van der Waals surface area contributed by atoms with E-state index in [1.807, 2.05) is 6.07 Å². The number of amides is 1. The summed E-state index contributed by atoms with van der Waals surface area (Å²) in [6, 6.07) is 8.32. The third-order valence-corrected chi connectivity index (χ3v) is 3.29. The zero-order valence-electron chi connectivity index (χ0n) is 11.7. The molecule has 1 aromatic carbocycles. The molecule has 0 spiro atoms. The predicted octanol–water partition coefficient (Wildman–Crippen LogP) is 2.17. The molecular weight excluding hydrogens is 272 g/mol. The molecule has 1 aromatic heterocycles. The summed E-state index contributed by atoms with van der Waals surface area (Å²) in [6.07, 6.45) is 1.18. The number of oxazole rings is 1. The summed E-state index contributed by atoms with van der Waals surface area (Å²) in [5.74, 6) is -2.15. The molecule has 6 heteroatoms. The molecule has 0 aliphatic rings. The van der Waals surface area contributed by atoms with E-state index in [4.69, 9.17) is 4.42 Å². The van der Waals surface area contributed by atoms with Crippen LogP contribution in [0.3, 0.4) is 0 Å². The highest BCUT2D eigenvalue weighted by Crippen LogP contribution is 2.23. The molecule has 0 saturated carbocycles. The standard InChI is InChI=1S/C15H16N2O4/c1-9(15(19)20)12(11-6-4-3-5-7-11)17-14(18)13-10(2)16-8-21-13/h3-9,12H,1-2H3,(H,17,18)(H,19,20). The van der Waals surface area contributed by atoms with Crippen LogP contribution in [0.4, 0.5) is 0 Å². The van der Waals surface area contributed by atoms with Crippen LogP contribution in [0.1, 0.15) is 34.8 Å². The van der Waals surface area contributed by atoms with Gasteiger partial charge < -0.3 is 14.8 Å². The molecule has 0 aliphatic heterocycles. The van der Waals surface area contributed by atoms with Crippen LogP contribution in [0.5, 0.6) is 0 Å². The van der Waals surface area contributed by atoms with E-state index in [1.165, 1.54) is 6.39 Å². The highest BCUT2D eigenvalue weighted by atomic mass is 16.4. The Hall–Kier alpha value is -2.63. The minimum Gasteiger partial charge on any atom is -0.481 e. The lowest BCUT2D eigenvalue weighted by molar-refractivity contribution is -0.142. The highest BCUT2D eigenvalue weighted by molar-refractivity contribution is 5.93. The van der Waals surface area contributed by atoms with Crippen molar-refractivity contribution in [2.75, 3.05) is 0 Å². The first-order chi connectivity index (χ1) is 10.0. The average Bonchev–Trinajstić information content (AvgIpc) is 2.91. The van der Waals surface area contributed by atoms with Crippen LogP contribution < -0.4 is 5.32 Å². The van der Waals surface area contributed by atoms with E-state index in [0.29, 0.717) is 5.69 Å². The van der Waals surface area contributed by atoms with Gasteiger partial charge >= 0.3 is 5.97 Å².